The standard InChI is InChI=1S/C11H17BrN4O4S/c1-16-10(9(12)13-15-16)21(19,20)14-8(11(17)18)7-5-3-2-4-6-7/h7-8,14H,2-6H2,1H3,(H,17,18). The quantitative estimate of drug-likeness (QED) is 0.783. The van der Waals surface area contributed by atoms with Gasteiger partial charge in [-0.3, -0.25) is 4.79 Å². The van der Waals surface area contributed by atoms with Crippen LogP contribution in [0.3, 0.4) is 0 Å². The second-order valence-electron chi connectivity index (χ2n) is 5.14. The van der Waals surface area contributed by atoms with Gasteiger partial charge >= 0.3 is 5.97 Å². The zero-order chi connectivity index (χ0) is 15.6. The highest BCUT2D eigenvalue weighted by Crippen LogP contribution is 2.28. The van der Waals surface area contributed by atoms with Crippen LogP contribution < -0.4 is 4.72 Å². The first-order chi connectivity index (χ1) is 9.83. The van der Waals surface area contributed by atoms with Crippen LogP contribution >= 0.6 is 15.9 Å². The molecular formula is C11H17BrN4O4S. The van der Waals surface area contributed by atoms with E-state index in [9.17, 15) is 18.3 Å². The summed E-state index contributed by atoms with van der Waals surface area (Å²) in [5.41, 5.74) is 0. The minimum atomic E-state index is -4.01. The zero-order valence-electron chi connectivity index (χ0n) is 11.5. The number of carboxylic acid groups (broad SMARTS) is 1. The molecule has 0 bridgehead atoms. The molecule has 1 aliphatic rings. The summed E-state index contributed by atoms with van der Waals surface area (Å²) in [6, 6.07) is -1.13. The first kappa shape index (κ1) is 16.4. The van der Waals surface area contributed by atoms with E-state index in [0.717, 1.165) is 23.9 Å². The number of rotatable bonds is 5. The van der Waals surface area contributed by atoms with Crippen LogP contribution in [0.1, 0.15) is 32.1 Å². The van der Waals surface area contributed by atoms with Crippen molar-refractivity contribution < 1.29 is 18.3 Å². The third kappa shape index (κ3) is 3.61. The highest BCUT2D eigenvalue weighted by atomic mass is 79.9. The molecule has 1 fully saturated rings. The average Bonchev–Trinajstić information content (AvgIpc) is 2.77. The van der Waals surface area contributed by atoms with Crippen molar-refractivity contribution in [3.8, 4) is 0 Å². The Hall–Kier alpha value is -1.00. The molecule has 0 aliphatic heterocycles. The zero-order valence-corrected chi connectivity index (χ0v) is 13.9. The number of hydrogen-bond donors (Lipinski definition) is 2. The Morgan fingerprint density at radius 1 is 1.43 bits per heavy atom. The molecule has 2 rings (SSSR count). The Balaban J connectivity index is 2.25. The Bertz CT molecular complexity index is 605. The Labute approximate surface area is 131 Å². The van der Waals surface area contributed by atoms with Crippen molar-refractivity contribution >= 4 is 31.9 Å². The van der Waals surface area contributed by atoms with Crippen LogP contribution in [0.25, 0.3) is 0 Å². The predicted octanol–water partition coefficient (Wildman–Crippen LogP) is 0.889. The molecule has 1 aromatic heterocycles. The molecule has 10 heteroatoms. The van der Waals surface area contributed by atoms with Crippen molar-refractivity contribution in [2.45, 2.75) is 43.2 Å². The van der Waals surface area contributed by atoms with Crippen molar-refractivity contribution in [1.29, 1.82) is 0 Å². The molecule has 1 heterocycles. The van der Waals surface area contributed by atoms with Crippen LogP contribution in [0, 0.1) is 5.92 Å². The fraction of sp³-hybridized carbons (Fsp3) is 0.727. The molecule has 0 amide bonds. The smallest absolute Gasteiger partial charge is 0.322 e. The van der Waals surface area contributed by atoms with Crippen LogP contribution in [-0.2, 0) is 21.9 Å². The molecule has 8 nitrogen and oxygen atoms in total. The van der Waals surface area contributed by atoms with Crippen molar-refractivity contribution in [3.63, 3.8) is 0 Å². The fourth-order valence-corrected chi connectivity index (χ4v) is 5.00. The van der Waals surface area contributed by atoms with Gasteiger partial charge in [0.25, 0.3) is 10.0 Å². The number of aliphatic carboxylic acids is 1. The summed E-state index contributed by atoms with van der Waals surface area (Å²) in [6.07, 6.45) is 4.33. The van der Waals surface area contributed by atoms with Gasteiger partial charge in [-0.25, -0.2) is 13.1 Å². The van der Waals surface area contributed by atoms with Gasteiger partial charge in [0, 0.05) is 7.05 Å². The Morgan fingerprint density at radius 3 is 2.52 bits per heavy atom. The number of nitrogens with zero attached hydrogens (tertiary/aromatic N) is 3. The second kappa shape index (κ2) is 6.41. The lowest BCUT2D eigenvalue weighted by Gasteiger charge is -2.27. The van der Waals surface area contributed by atoms with Crippen molar-refractivity contribution in [2.24, 2.45) is 13.0 Å². The molecule has 118 valence electrons. The second-order valence-corrected chi connectivity index (χ2v) is 7.52. The SMILES string of the molecule is Cn1nnc(Br)c1S(=O)(=O)NC(C(=O)O)C1CCCCC1. The highest BCUT2D eigenvalue weighted by molar-refractivity contribution is 9.10. The van der Waals surface area contributed by atoms with E-state index in [2.05, 4.69) is 31.0 Å². The van der Waals surface area contributed by atoms with E-state index in [1.807, 2.05) is 0 Å². The summed E-state index contributed by atoms with van der Waals surface area (Å²) in [5, 5.41) is 16.4. The third-order valence-corrected chi connectivity index (χ3v) is 5.99. The summed E-state index contributed by atoms with van der Waals surface area (Å²) in [7, 11) is -2.58. The van der Waals surface area contributed by atoms with E-state index in [0.29, 0.717) is 12.8 Å². The van der Waals surface area contributed by atoms with Gasteiger partial charge in [-0.1, -0.05) is 24.5 Å². The molecule has 1 unspecified atom stereocenters. The summed E-state index contributed by atoms with van der Waals surface area (Å²) in [5.74, 6) is -1.34. The first-order valence-corrected chi connectivity index (χ1v) is 8.91. The van der Waals surface area contributed by atoms with E-state index in [-0.39, 0.29) is 15.5 Å². The number of hydrogen-bond acceptors (Lipinski definition) is 5. The predicted molar refractivity (Wildman–Crippen MR) is 77.0 cm³/mol. The molecule has 1 aromatic rings. The topological polar surface area (TPSA) is 114 Å². The summed E-state index contributed by atoms with van der Waals surface area (Å²) >= 11 is 3.01. The molecule has 0 radical (unpaired) electrons. The Kier molecular flexibility index (Phi) is 4.99. The number of nitrogens with one attached hydrogen (secondary N) is 1. The maximum absolute atomic E-state index is 12.4. The number of aromatic nitrogens is 3. The lowest BCUT2D eigenvalue weighted by atomic mass is 9.84. The van der Waals surface area contributed by atoms with Crippen LogP contribution in [0.4, 0.5) is 0 Å². The minimum Gasteiger partial charge on any atom is -0.480 e. The van der Waals surface area contributed by atoms with Gasteiger partial charge in [-0.2, -0.15) is 4.72 Å². The molecule has 0 saturated heterocycles. The summed E-state index contributed by atoms with van der Waals surface area (Å²) in [4.78, 5) is 11.4. The summed E-state index contributed by atoms with van der Waals surface area (Å²) < 4.78 is 28.2. The van der Waals surface area contributed by atoms with Gasteiger partial charge in [0.15, 0.2) is 4.60 Å². The molecule has 1 aliphatic carbocycles. The van der Waals surface area contributed by atoms with E-state index < -0.39 is 22.0 Å². The number of aryl methyl sites for hydroxylation is 1. The van der Waals surface area contributed by atoms with E-state index in [1.165, 1.54) is 7.05 Å². The largest absolute Gasteiger partial charge is 0.480 e. The monoisotopic (exact) mass is 380 g/mol. The normalized spacial score (nSPS) is 18.6. The van der Waals surface area contributed by atoms with E-state index in [4.69, 9.17) is 0 Å². The molecule has 0 spiro atoms. The highest BCUT2D eigenvalue weighted by Gasteiger charge is 2.35. The van der Waals surface area contributed by atoms with Gasteiger partial charge in [0.2, 0.25) is 5.03 Å². The molecular weight excluding hydrogens is 364 g/mol. The molecule has 1 atom stereocenters. The van der Waals surface area contributed by atoms with Gasteiger partial charge in [-0.05, 0) is 34.7 Å². The van der Waals surface area contributed by atoms with Crippen LogP contribution in [0.2, 0.25) is 0 Å². The van der Waals surface area contributed by atoms with Crippen molar-refractivity contribution in [1.82, 2.24) is 19.7 Å². The van der Waals surface area contributed by atoms with E-state index in [1.54, 1.807) is 0 Å². The molecule has 0 aromatic carbocycles. The third-order valence-electron chi connectivity index (χ3n) is 3.66. The fourth-order valence-electron chi connectivity index (χ4n) is 2.65. The number of sulfonamides is 1. The summed E-state index contributed by atoms with van der Waals surface area (Å²) in [6.45, 7) is 0. The van der Waals surface area contributed by atoms with Crippen LogP contribution in [-0.4, -0.2) is 40.5 Å². The van der Waals surface area contributed by atoms with Crippen LogP contribution in [0.15, 0.2) is 9.63 Å². The molecule has 2 N–H and O–H groups in total. The number of carbonyl (C=O) groups is 1. The van der Waals surface area contributed by atoms with Crippen LogP contribution in [0.5, 0.6) is 0 Å². The Morgan fingerprint density at radius 2 is 2.05 bits per heavy atom. The maximum atomic E-state index is 12.4. The number of halogens is 1. The number of carboxylic acids is 1. The van der Waals surface area contributed by atoms with Gasteiger partial charge < -0.3 is 5.11 Å². The molecule has 1 saturated carbocycles. The molecule has 21 heavy (non-hydrogen) atoms. The van der Waals surface area contributed by atoms with E-state index >= 15 is 0 Å². The first-order valence-electron chi connectivity index (χ1n) is 6.63. The van der Waals surface area contributed by atoms with Crippen molar-refractivity contribution in [2.75, 3.05) is 0 Å². The maximum Gasteiger partial charge on any atom is 0.322 e. The van der Waals surface area contributed by atoms with Gasteiger partial charge in [-0.15, -0.1) is 5.10 Å². The lowest BCUT2D eigenvalue weighted by Crippen LogP contribution is -2.46. The van der Waals surface area contributed by atoms with Crippen molar-refractivity contribution in [3.05, 3.63) is 4.60 Å². The minimum absolute atomic E-state index is 0.0604. The van der Waals surface area contributed by atoms with Gasteiger partial charge in [0.1, 0.15) is 6.04 Å². The van der Waals surface area contributed by atoms with Gasteiger partial charge in [0.05, 0.1) is 0 Å². The average molecular weight is 381 g/mol. The lowest BCUT2D eigenvalue weighted by molar-refractivity contribution is -0.140.